The van der Waals surface area contributed by atoms with Crippen molar-refractivity contribution in [2.24, 2.45) is 5.41 Å². The first-order valence-electron chi connectivity index (χ1n) is 5.73. The van der Waals surface area contributed by atoms with E-state index < -0.39 is 11.6 Å². The Labute approximate surface area is 105 Å². The molecule has 1 aromatic rings. The van der Waals surface area contributed by atoms with Gasteiger partial charge in [0.05, 0.1) is 6.61 Å². The third-order valence-electron chi connectivity index (χ3n) is 3.30. The van der Waals surface area contributed by atoms with Crippen molar-refractivity contribution < 1.29 is 13.5 Å². The van der Waals surface area contributed by atoms with Crippen molar-refractivity contribution in [2.75, 3.05) is 19.1 Å². The Hall–Kier alpha value is -0.670. The number of hydrogen-bond donors (Lipinski definition) is 0. The van der Waals surface area contributed by atoms with E-state index in [1.54, 1.807) is 0 Å². The molecule has 0 N–H and O–H groups in total. The highest BCUT2D eigenvalue weighted by Gasteiger charge is 2.34. The van der Waals surface area contributed by atoms with Gasteiger partial charge in [-0.2, -0.15) is 0 Å². The summed E-state index contributed by atoms with van der Waals surface area (Å²) < 4.78 is 32.6. The van der Waals surface area contributed by atoms with Crippen LogP contribution in [0.1, 0.15) is 18.4 Å². The minimum atomic E-state index is -0.500. The van der Waals surface area contributed by atoms with Crippen LogP contribution in [0.25, 0.3) is 0 Å². The van der Waals surface area contributed by atoms with E-state index in [0.29, 0.717) is 25.5 Å². The molecule has 0 aromatic heterocycles. The van der Waals surface area contributed by atoms with Crippen LogP contribution in [0.15, 0.2) is 18.2 Å². The van der Waals surface area contributed by atoms with Crippen LogP contribution in [-0.2, 0) is 11.2 Å². The molecule has 0 bridgehead atoms. The monoisotopic (exact) mass is 260 g/mol. The third kappa shape index (κ3) is 2.78. The molecule has 17 heavy (non-hydrogen) atoms. The van der Waals surface area contributed by atoms with E-state index in [-0.39, 0.29) is 11.0 Å². The molecule has 1 saturated heterocycles. The standard InChI is InChI=1S/C13H15ClF2O/c14-8-13(5-2-6-17-9-13)7-10-11(15)3-1-4-12(10)16/h1,3-4H,2,5-9H2. The Morgan fingerprint density at radius 1 is 1.29 bits per heavy atom. The molecule has 1 aliphatic rings. The molecule has 2 rings (SSSR count). The molecular formula is C13H15ClF2O. The fraction of sp³-hybridized carbons (Fsp3) is 0.538. The normalized spacial score (nSPS) is 24.9. The molecular weight excluding hydrogens is 246 g/mol. The fourth-order valence-corrected chi connectivity index (χ4v) is 2.58. The molecule has 94 valence electrons. The van der Waals surface area contributed by atoms with E-state index in [9.17, 15) is 8.78 Å². The first-order chi connectivity index (χ1) is 8.17. The van der Waals surface area contributed by atoms with Crippen LogP contribution in [0.4, 0.5) is 8.78 Å². The predicted octanol–water partition coefficient (Wildman–Crippen LogP) is 3.54. The summed E-state index contributed by atoms with van der Waals surface area (Å²) in [6.45, 7) is 1.18. The zero-order valence-electron chi connectivity index (χ0n) is 9.52. The Morgan fingerprint density at radius 3 is 2.53 bits per heavy atom. The molecule has 1 unspecified atom stereocenters. The summed E-state index contributed by atoms with van der Waals surface area (Å²) in [7, 11) is 0. The summed E-state index contributed by atoms with van der Waals surface area (Å²) in [5, 5.41) is 0. The van der Waals surface area contributed by atoms with Gasteiger partial charge in [0, 0.05) is 23.5 Å². The Balaban J connectivity index is 2.23. The fourth-order valence-electron chi connectivity index (χ4n) is 2.28. The van der Waals surface area contributed by atoms with Crippen LogP contribution in [0.3, 0.4) is 0 Å². The number of alkyl halides is 1. The van der Waals surface area contributed by atoms with E-state index in [0.717, 1.165) is 12.8 Å². The topological polar surface area (TPSA) is 9.23 Å². The number of rotatable bonds is 3. The predicted molar refractivity (Wildman–Crippen MR) is 63.3 cm³/mol. The van der Waals surface area contributed by atoms with E-state index in [1.165, 1.54) is 18.2 Å². The number of halogens is 3. The highest BCUT2D eigenvalue weighted by atomic mass is 35.5. The van der Waals surface area contributed by atoms with Gasteiger partial charge in [-0.25, -0.2) is 8.78 Å². The summed E-state index contributed by atoms with van der Waals surface area (Å²) >= 11 is 5.97. The average molecular weight is 261 g/mol. The van der Waals surface area contributed by atoms with E-state index in [4.69, 9.17) is 16.3 Å². The lowest BCUT2D eigenvalue weighted by atomic mass is 9.79. The van der Waals surface area contributed by atoms with Gasteiger partial charge in [0.25, 0.3) is 0 Å². The van der Waals surface area contributed by atoms with Crippen LogP contribution in [0.2, 0.25) is 0 Å². The molecule has 0 saturated carbocycles. The minimum Gasteiger partial charge on any atom is -0.381 e. The van der Waals surface area contributed by atoms with Crippen LogP contribution in [-0.4, -0.2) is 19.1 Å². The van der Waals surface area contributed by atoms with Gasteiger partial charge in [-0.05, 0) is 31.4 Å². The van der Waals surface area contributed by atoms with Crippen LogP contribution < -0.4 is 0 Å². The lowest BCUT2D eigenvalue weighted by Gasteiger charge is -2.35. The molecule has 4 heteroatoms. The number of ether oxygens (including phenoxy) is 1. The smallest absolute Gasteiger partial charge is 0.129 e. The van der Waals surface area contributed by atoms with Gasteiger partial charge in [0.15, 0.2) is 0 Å². The molecule has 1 aliphatic heterocycles. The molecule has 0 spiro atoms. The van der Waals surface area contributed by atoms with E-state index in [2.05, 4.69) is 0 Å². The largest absolute Gasteiger partial charge is 0.381 e. The van der Waals surface area contributed by atoms with Gasteiger partial charge < -0.3 is 4.74 Å². The summed E-state index contributed by atoms with van der Waals surface area (Å²) in [5.74, 6) is -0.638. The molecule has 1 atom stereocenters. The molecule has 0 radical (unpaired) electrons. The maximum atomic E-state index is 13.6. The Kier molecular flexibility index (Phi) is 4.00. The second kappa shape index (κ2) is 5.32. The van der Waals surface area contributed by atoms with Crippen molar-refractivity contribution in [2.45, 2.75) is 19.3 Å². The van der Waals surface area contributed by atoms with Crippen molar-refractivity contribution in [3.8, 4) is 0 Å². The number of hydrogen-bond acceptors (Lipinski definition) is 1. The Bertz CT molecular complexity index is 369. The van der Waals surface area contributed by atoms with Crippen LogP contribution >= 0.6 is 11.6 Å². The number of benzene rings is 1. The van der Waals surface area contributed by atoms with Crippen molar-refractivity contribution >= 4 is 11.6 Å². The van der Waals surface area contributed by atoms with E-state index >= 15 is 0 Å². The van der Waals surface area contributed by atoms with Gasteiger partial charge in [-0.1, -0.05) is 6.07 Å². The first-order valence-corrected chi connectivity index (χ1v) is 6.27. The zero-order valence-corrected chi connectivity index (χ0v) is 10.3. The summed E-state index contributed by atoms with van der Waals surface area (Å²) in [6.07, 6.45) is 2.04. The van der Waals surface area contributed by atoms with Crippen molar-refractivity contribution in [3.63, 3.8) is 0 Å². The van der Waals surface area contributed by atoms with Gasteiger partial charge in [-0.15, -0.1) is 11.6 Å². The van der Waals surface area contributed by atoms with Crippen molar-refractivity contribution in [1.82, 2.24) is 0 Å². The second-order valence-corrected chi connectivity index (χ2v) is 4.93. The Morgan fingerprint density at radius 2 is 2.00 bits per heavy atom. The lowest BCUT2D eigenvalue weighted by Crippen LogP contribution is -2.36. The summed E-state index contributed by atoms with van der Waals surface area (Å²) in [6, 6.07) is 3.94. The van der Waals surface area contributed by atoms with Gasteiger partial charge in [-0.3, -0.25) is 0 Å². The summed E-state index contributed by atoms with van der Waals surface area (Å²) in [4.78, 5) is 0. The highest BCUT2D eigenvalue weighted by Crippen LogP contribution is 2.35. The molecule has 1 fully saturated rings. The third-order valence-corrected chi connectivity index (χ3v) is 3.87. The molecule has 0 aliphatic carbocycles. The maximum absolute atomic E-state index is 13.6. The van der Waals surface area contributed by atoms with Crippen LogP contribution in [0.5, 0.6) is 0 Å². The minimum absolute atomic E-state index is 0.124. The molecule has 1 heterocycles. The SMILES string of the molecule is Fc1cccc(F)c1CC1(CCl)CCCOC1. The van der Waals surface area contributed by atoms with Gasteiger partial charge in [0.1, 0.15) is 11.6 Å². The van der Waals surface area contributed by atoms with Crippen molar-refractivity contribution in [3.05, 3.63) is 35.4 Å². The second-order valence-electron chi connectivity index (χ2n) is 4.67. The average Bonchev–Trinajstić information content (AvgIpc) is 2.35. The summed E-state index contributed by atoms with van der Waals surface area (Å²) in [5.41, 5.74) is -0.207. The van der Waals surface area contributed by atoms with E-state index in [1.807, 2.05) is 0 Å². The molecule has 1 nitrogen and oxygen atoms in total. The molecule has 0 amide bonds. The zero-order chi connectivity index (χ0) is 12.3. The lowest BCUT2D eigenvalue weighted by molar-refractivity contribution is 0.00400. The van der Waals surface area contributed by atoms with Crippen LogP contribution in [0, 0.1) is 17.0 Å². The highest BCUT2D eigenvalue weighted by molar-refractivity contribution is 6.18. The van der Waals surface area contributed by atoms with Gasteiger partial charge >= 0.3 is 0 Å². The van der Waals surface area contributed by atoms with Crippen molar-refractivity contribution in [1.29, 1.82) is 0 Å². The first kappa shape index (κ1) is 12.8. The maximum Gasteiger partial charge on any atom is 0.129 e. The quantitative estimate of drug-likeness (QED) is 0.756. The molecule has 1 aromatic carbocycles. The van der Waals surface area contributed by atoms with Gasteiger partial charge in [0.2, 0.25) is 0 Å².